The second-order valence-corrected chi connectivity index (χ2v) is 19.2. The Morgan fingerprint density at radius 3 is 2.47 bits per heavy atom. The maximum absolute atomic E-state index is 15.1. The Hall–Kier alpha value is -3.60. The minimum atomic E-state index is -2.80. The molecule has 0 bridgehead atoms. The number of aryl methyl sites for hydroxylation is 1. The van der Waals surface area contributed by atoms with Crippen LogP contribution in [0.1, 0.15) is 76.4 Å². The van der Waals surface area contributed by atoms with Gasteiger partial charge in [-0.25, -0.2) is 4.39 Å². The molecule has 3 aliphatic rings. The van der Waals surface area contributed by atoms with Crippen LogP contribution in [0.2, 0.25) is 18.1 Å². The van der Waals surface area contributed by atoms with E-state index in [-0.39, 0.29) is 34.4 Å². The molecule has 2 aromatic carbocycles. The Bertz CT molecular complexity index is 1720. The van der Waals surface area contributed by atoms with E-state index in [1.54, 1.807) is 6.92 Å². The largest absolute Gasteiger partial charge is 0.508 e. The van der Waals surface area contributed by atoms with Crippen molar-refractivity contribution < 1.29 is 32.8 Å². The van der Waals surface area contributed by atoms with Crippen LogP contribution in [0.3, 0.4) is 0 Å². The topological polar surface area (TPSA) is 102 Å². The lowest BCUT2D eigenvalue weighted by molar-refractivity contribution is -0.0480. The number of rotatable bonds is 6. The van der Waals surface area contributed by atoms with Crippen molar-refractivity contribution in [3.8, 4) is 5.88 Å². The molecule has 1 heterocycles. The molecule has 238 valence electrons. The third kappa shape index (κ3) is 4.80. The van der Waals surface area contributed by atoms with Gasteiger partial charge in [0.2, 0.25) is 5.78 Å². The van der Waals surface area contributed by atoms with Crippen LogP contribution in [0.4, 0.5) is 4.39 Å². The first-order chi connectivity index (χ1) is 21.1. The van der Waals surface area contributed by atoms with E-state index in [0.717, 1.165) is 5.56 Å². The van der Waals surface area contributed by atoms with Crippen molar-refractivity contribution in [1.29, 1.82) is 0 Å². The molecule has 0 unspecified atom stereocenters. The molecule has 0 saturated carbocycles. The van der Waals surface area contributed by atoms with Crippen molar-refractivity contribution in [2.75, 3.05) is 14.1 Å². The summed E-state index contributed by atoms with van der Waals surface area (Å²) in [6.07, 6.45) is 0.693. The zero-order chi connectivity index (χ0) is 32.6. The summed E-state index contributed by atoms with van der Waals surface area (Å²) in [5.41, 5.74) is 0.771. The number of hydrogen-bond donors (Lipinski definition) is 1. The molecule has 4 atom stereocenters. The van der Waals surface area contributed by atoms with Gasteiger partial charge < -0.3 is 18.8 Å². The Labute approximate surface area is 264 Å². The molecule has 3 aromatic rings. The van der Waals surface area contributed by atoms with Crippen LogP contribution in [-0.2, 0) is 17.5 Å². The number of carbonyl (C=O) groups is 2. The smallest absolute Gasteiger partial charge is 0.265 e. The summed E-state index contributed by atoms with van der Waals surface area (Å²) in [6.45, 7) is 12.1. The van der Waals surface area contributed by atoms with Gasteiger partial charge in [0, 0.05) is 17.1 Å². The Kier molecular flexibility index (Phi) is 7.49. The molecule has 3 aliphatic carbocycles. The number of aliphatic hydroxyl groups excluding tert-OH is 1. The van der Waals surface area contributed by atoms with Crippen LogP contribution < -0.4 is 4.74 Å². The average molecular weight is 633 g/mol. The number of nitrogens with zero attached hydrogens (tertiary/aromatic N) is 2. The molecule has 0 radical (unpaired) electrons. The number of aliphatic hydroxyl groups is 1. The number of carbonyl (C=O) groups excluding carboxylic acids is 2. The number of benzene rings is 2. The number of allylic oxidation sites excluding steroid dienone is 1. The van der Waals surface area contributed by atoms with Crippen LogP contribution in [0, 0.1) is 24.6 Å². The summed E-state index contributed by atoms with van der Waals surface area (Å²) in [5, 5.41) is 16.4. The van der Waals surface area contributed by atoms with Crippen molar-refractivity contribution in [3.63, 3.8) is 0 Å². The van der Waals surface area contributed by atoms with Crippen molar-refractivity contribution in [2.45, 2.75) is 76.9 Å². The van der Waals surface area contributed by atoms with Crippen LogP contribution in [0.25, 0.3) is 0 Å². The van der Waals surface area contributed by atoms with Gasteiger partial charge in [-0.1, -0.05) is 51.1 Å². The fourth-order valence-electron chi connectivity index (χ4n) is 7.17. The minimum absolute atomic E-state index is 0.0221. The summed E-state index contributed by atoms with van der Waals surface area (Å²) in [5.74, 6) is -2.38. The van der Waals surface area contributed by atoms with Crippen LogP contribution in [0.5, 0.6) is 5.88 Å². The maximum atomic E-state index is 15.1. The van der Waals surface area contributed by atoms with Gasteiger partial charge in [-0.15, -0.1) is 0 Å². The van der Waals surface area contributed by atoms with Crippen molar-refractivity contribution in [2.24, 2.45) is 11.8 Å². The van der Waals surface area contributed by atoms with Crippen LogP contribution in [0.15, 0.2) is 58.3 Å². The summed E-state index contributed by atoms with van der Waals surface area (Å²) >= 11 is 0. The van der Waals surface area contributed by atoms with Gasteiger partial charge in [-0.05, 0) is 91.9 Å². The van der Waals surface area contributed by atoms with E-state index in [2.05, 4.69) is 25.9 Å². The number of halogens is 1. The fraction of sp³-hybridized carbons (Fsp3) is 0.457. The molecule has 6 rings (SSSR count). The quantitative estimate of drug-likeness (QED) is 0.286. The van der Waals surface area contributed by atoms with Crippen molar-refractivity contribution in [1.82, 2.24) is 10.1 Å². The Balaban J connectivity index is 1.58. The predicted octanol–water partition coefficient (Wildman–Crippen LogP) is 7.15. The summed E-state index contributed by atoms with van der Waals surface area (Å²) < 4.78 is 33.6. The van der Waals surface area contributed by atoms with Gasteiger partial charge in [0.05, 0.1) is 6.04 Å². The maximum Gasteiger partial charge on any atom is 0.265 e. The Morgan fingerprint density at radius 2 is 1.82 bits per heavy atom. The number of fused-ring (bicyclic) bond motifs is 4. The van der Waals surface area contributed by atoms with E-state index in [0.29, 0.717) is 35.3 Å². The number of ether oxygens (including phenoxy) is 1. The van der Waals surface area contributed by atoms with E-state index in [4.69, 9.17) is 13.7 Å². The molecule has 1 N–H and O–H groups in total. The van der Waals surface area contributed by atoms with Crippen LogP contribution in [-0.4, -0.2) is 54.7 Å². The van der Waals surface area contributed by atoms with E-state index in [9.17, 15) is 14.3 Å². The normalized spacial score (nSPS) is 24.7. The van der Waals surface area contributed by atoms with E-state index in [1.807, 2.05) is 62.4 Å². The van der Waals surface area contributed by atoms with Crippen molar-refractivity contribution in [3.05, 3.63) is 93.2 Å². The van der Waals surface area contributed by atoms with Gasteiger partial charge in [0.15, 0.2) is 25.5 Å². The lowest BCUT2D eigenvalue weighted by Crippen LogP contribution is -2.65. The van der Waals surface area contributed by atoms with Gasteiger partial charge in [0.25, 0.3) is 5.88 Å². The van der Waals surface area contributed by atoms with Crippen molar-refractivity contribution >= 4 is 19.9 Å². The molecular weight excluding hydrogens is 591 g/mol. The first-order valence-electron chi connectivity index (χ1n) is 15.4. The molecule has 0 aliphatic heterocycles. The lowest BCUT2D eigenvalue weighted by Gasteiger charge is -2.55. The minimum Gasteiger partial charge on any atom is -0.508 e. The van der Waals surface area contributed by atoms with E-state index < -0.39 is 49.2 Å². The molecule has 1 aromatic heterocycles. The van der Waals surface area contributed by atoms with Gasteiger partial charge in [-0.2, -0.15) is 0 Å². The molecule has 10 heteroatoms. The zero-order valence-corrected chi connectivity index (χ0v) is 28.2. The van der Waals surface area contributed by atoms with Crippen LogP contribution >= 0.6 is 0 Å². The van der Waals surface area contributed by atoms with Gasteiger partial charge in [-0.3, -0.25) is 14.5 Å². The molecule has 0 saturated heterocycles. The first kappa shape index (κ1) is 31.4. The molecule has 0 spiro atoms. The number of hydrogen-bond acceptors (Lipinski definition) is 8. The van der Waals surface area contributed by atoms with E-state index in [1.165, 1.54) is 12.1 Å². The highest BCUT2D eigenvalue weighted by molar-refractivity contribution is 6.74. The highest BCUT2D eigenvalue weighted by Crippen LogP contribution is 2.59. The third-order valence-electron chi connectivity index (χ3n) is 10.3. The summed E-state index contributed by atoms with van der Waals surface area (Å²) in [7, 11) is 0.957. The highest BCUT2D eigenvalue weighted by Gasteiger charge is 2.67. The predicted molar refractivity (Wildman–Crippen MR) is 169 cm³/mol. The summed E-state index contributed by atoms with van der Waals surface area (Å²) in [4.78, 5) is 31.3. The number of ketones is 2. The highest BCUT2D eigenvalue weighted by atomic mass is 28.4. The fourth-order valence-corrected chi connectivity index (χ4v) is 8.63. The standard InChI is InChI=1S/C35H41FN2O6Si/c1-19-14-23(36)16-21-15-22-17-24-28(38(5)6)30-27(33(37-43-30)42-18-20-12-10-9-11-13-20)32(41)35(24,44-45(7,8)34(2,3)4)31(40)26(22)29(39)25(19)21/h9-14,16,22,24,28,40H,15,17-18H2,1-8H3/t22-,24-,28-,35-/m0/s1. The monoisotopic (exact) mass is 632 g/mol. The van der Waals surface area contributed by atoms with Gasteiger partial charge >= 0.3 is 0 Å². The van der Waals surface area contributed by atoms with Gasteiger partial charge in [0.1, 0.15) is 23.7 Å². The third-order valence-corrected chi connectivity index (χ3v) is 14.7. The second-order valence-electron chi connectivity index (χ2n) is 14.4. The zero-order valence-electron chi connectivity index (χ0n) is 27.2. The summed E-state index contributed by atoms with van der Waals surface area (Å²) in [6, 6.07) is 11.7. The lowest BCUT2D eigenvalue weighted by atomic mass is 9.58. The number of Topliss-reactive ketones (excluding diaryl/α,β-unsaturated/α-hetero) is 2. The number of aromatic nitrogens is 1. The second kappa shape index (κ2) is 10.7. The molecular formula is C35H41FN2O6Si. The Morgan fingerprint density at radius 1 is 1.13 bits per heavy atom. The molecule has 45 heavy (non-hydrogen) atoms. The average Bonchev–Trinajstić information content (AvgIpc) is 3.36. The first-order valence-corrected chi connectivity index (χ1v) is 18.3. The molecule has 0 amide bonds. The molecule has 8 nitrogen and oxygen atoms in total. The molecule has 0 fully saturated rings. The van der Waals surface area contributed by atoms with E-state index >= 15 is 4.79 Å². The SMILES string of the molecule is Cc1cc(F)cc2c1C(=O)C1=C(O)[C@]3(O[Si](C)(C)C(C)(C)C)C(=O)c4c(OCc5ccccc5)noc4[C@@H](N(C)C)[C@@H]3C[C@@H]1C2.